The maximum atomic E-state index is 11.4. The smallest absolute Gasteiger partial charge is 0.261 e. The fourth-order valence-corrected chi connectivity index (χ4v) is 3.95. The second-order valence-electron chi connectivity index (χ2n) is 4.73. The highest BCUT2D eigenvalue weighted by atomic mass is 32.2. The van der Waals surface area contributed by atoms with E-state index in [2.05, 4.69) is 10.1 Å². The first-order valence-electron chi connectivity index (χ1n) is 6.01. The quantitative estimate of drug-likeness (QED) is 0.796. The lowest BCUT2D eigenvalue weighted by Gasteiger charge is -2.01. The van der Waals surface area contributed by atoms with Gasteiger partial charge in [-0.05, 0) is 18.6 Å². The Kier molecular flexibility index (Phi) is 2.89. The molecule has 8 heteroatoms. The molecule has 0 saturated carbocycles. The van der Waals surface area contributed by atoms with Crippen LogP contribution in [0.4, 0.5) is 0 Å². The van der Waals surface area contributed by atoms with E-state index in [1.54, 1.807) is 0 Å². The molecule has 106 valence electrons. The van der Waals surface area contributed by atoms with Crippen LogP contribution < -0.4 is 0 Å². The van der Waals surface area contributed by atoms with Crippen molar-refractivity contribution in [2.24, 2.45) is 0 Å². The lowest BCUT2D eigenvalue weighted by molar-refractivity contribution is 0.395. The van der Waals surface area contributed by atoms with Crippen molar-refractivity contribution in [3.05, 3.63) is 24.0 Å². The van der Waals surface area contributed by atoms with Crippen molar-refractivity contribution in [1.29, 1.82) is 0 Å². The molecule has 1 saturated heterocycles. The largest absolute Gasteiger partial charge is 0.504 e. The van der Waals surface area contributed by atoms with Crippen LogP contribution in [0.5, 0.6) is 11.5 Å². The minimum absolute atomic E-state index is 0.0119. The van der Waals surface area contributed by atoms with E-state index in [0.717, 1.165) is 0 Å². The molecule has 1 unspecified atom stereocenters. The number of sulfone groups is 1. The van der Waals surface area contributed by atoms with Crippen LogP contribution in [0.15, 0.2) is 22.7 Å². The Morgan fingerprint density at radius 3 is 2.80 bits per heavy atom. The van der Waals surface area contributed by atoms with E-state index in [9.17, 15) is 18.6 Å². The van der Waals surface area contributed by atoms with Crippen molar-refractivity contribution in [3.63, 3.8) is 0 Å². The number of aromatic nitrogens is 2. The summed E-state index contributed by atoms with van der Waals surface area (Å²) in [5.74, 6) is -0.414. The fraction of sp³-hybridized carbons (Fsp3) is 0.333. The van der Waals surface area contributed by atoms with Crippen LogP contribution in [0.2, 0.25) is 0 Å². The van der Waals surface area contributed by atoms with E-state index < -0.39 is 9.84 Å². The Bertz CT molecular complexity index is 753. The van der Waals surface area contributed by atoms with E-state index >= 15 is 0 Å². The van der Waals surface area contributed by atoms with E-state index in [4.69, 9.17) is 4.52 Å². The SMILES string of the molecule is O=S1(=O)CCC(c2noc(-c3cccc(O)c3O)n2)C1. The zero-order chi connectivity index (χ0) is 14.3. The van der Waals surface area contributed by atoms with Crippen molar-refractivity contribution in [2.45, 2.75) is 12.3 Å². The third kappa shape index (κ3) is 2.22. The first kappa shape index (κ1) is 12.9. The number of para-hydroxylation sites is 1. The Labute approximate surface area is 114 Å². The summed E-state index contributed by atoms with van der Waals surface area (Å²) >= 11 is 0. The summed E-state index contributed by atoms with van der Waals surface area (Å²) < 4.78 is 27.9. The molecule has 0 aliphatic carbocycles. The van der Waals surface area contributed by atoms with E-state index in [1.807, 2.05) is 0 Å². The van der Waals surface area contributed by atoms with Gasteiger partial charge >= 0.3 is 0 Å². The van der Waals surface area contributed by atoms with Crippen LogP contribution in [-0.2, 0) is 9.84 Å². The van der Waals surface area contributed by atoms with Crippen molar-refractivity contribution >= 4 is 9.84 Å². The Morgan fingerprint density at radius 2 is 2.10 bits per heavy atom. The summed E-state index contributed by atoms with van der Waals surface area (Å²) in [6, 6.07) is 4.39. The first-order valence-corrected chi connectivity index (χ1v) is 7.84. The number of aromatic hydroxyl groups is 2. The molecule has 1 atom stereocenters. The summed E-state index contributed by atoms with van der Waals surface area (Å²) in [5, 5.41) is 22.9. The second-order valence-corrected chi connectivity index (χ2v) is 6.96. The van der Waals surface area contributed by atoms with Crippen molar-refractivity contribution in [3.8, 4) is 23.0 Å². The molecule has 0 radical (unpaired) electrons. The van der Waals surface area contributed by atoms with E-state index in [1.165, 1.54) is 18.2 Å². The summed E-state index contributed by atoms with van der Waals surface area (Å²) in [4.78, 5) is 4.12. The Morgan fingerprint density at radius 1 is 1.30 bits per heavy atom. The molecule has 0 bridgehead atoms. The van der Waals surface area contributed by atoms with E-state index in [0.29, 0.717) is 12.2 Å². The number of benzene rings is 1. The van der Waals surface area contributed by atoms with Gasteiger partial charge in [0.25, 0.3) is 5.89 Å². The lowest BCUT2D eigenvalue weighted by atomic mass is 10.1. The molecule has 0 amide bonds. The van der Waals surface area contributed by atoms with Gasteiger partial charge in [0.2, 0.25) is 0 Å². The number of nitrogens with zero attached hydrogens (tertiary/aromatic N) is 2. The zero-order valence-corrected chi connectivity index (χ0v) is 11.2. The van der Waals surface area contributed by atoms with Crippen molar-refractivity contribution < 1.29 is 23.2 Å². The topological polar surface area (TPSA) is 114 Å². The van der Waals surface area contributed by atoms with Crippen LogP contribution in [0.25, 0.3) is 11.5 Å². The number of phenols is 2. The zero-order valence-electron chi connectivity index (χ0n) is 10.4. The molecular formula is C12H12N2O5S. The summed E-state index contributed by atoms with van der Waals surface area (Å²) in [5.41, 5.74) is 0.213. The van der Waals surface area contributed by atoms with Crippen LogP contribution in [0, 0.1) is 0 Å². The first-order chi connectivity index (χ1) is 9.46. The molecule has 1 aliphatic heterocycles. The summed E-state index contributed by atoms with van der Waals surface area (Å²) in [6.07, 6.45) is 0.466. The molecule has 2 aromatic rings. The minimum Gasteiger partial charge on any atom is -0.504 e. The van der Waals surface area contributed by atoms with Gasteiger partial charge in [-0.3, -0.25) is 0 Å². The Hall–Kier alpha value is -2.09. The monoisotopic (exact) mass is 296 g/mol. The average molecular weight is 296 g/mol. The molecule has 2 heterocycles. The molecule has 7 nitrogen and oxygen atoms in total. The van der Waals surface area contributed by atoms with Gasteiger partial charge in [0.1, 0.15) is 0 Å². The van der Waals surface area contributed by atoms with Gasteiger partial charge in [-0.15, -0.1) is 0 Å². The average Bonchev–Trinajstić information content (AvgIpc) is 2.99. The van der Waals surface area contributed by atoms with E-state index in [-0.39, 0.29) is 40.4 Å². The van der Waals surface area contributed by atoms with Crippen LogP contribution in [0.3, 0.4) is 0 Å². The van der Waals surface area contributed by atoms with Gasteiger partial charge in [0.05, 0.1) is 17.1 Å². The predicted octanol–water partition coefficient (Wildman–Crippen LogP) is 1.05. The molecule has 1 aromatic carbocycles. The molecule has 0 spiro atoms. The Balaban J connectivity index is 1.93. The van der Waals surface area contributed by atoms with Crippen LogP contribution in [-0.4, -0.2) is 40.3 Å². The number of rotatable bonds is 2. The van der Waals surface area contributed by atoms with Gasteiger partial charge < -0.3 is 14.7 Å². The number of phenolic OH excluding ortho intramolecular Hbond substituents is 2. The minimum atomic E-state index is -3.02. The van der Waals surface area contributed by atoms with Crippen molar-refractivity contribution in [1.82, 2.24) is 10.1 Å². The molecule has 3 rings (SSSR count). The lowest BCUT2D eigenvalue weighted by Crippen LogP contribution is -2.05. The molecule has 1 aromatic heterocycles. The van der Waals surface area contributed by atoms with Gasteiger partial charge in [0, 0.05) is 5.92 Å². The van der Waals surface area contributed by atoms with Crippen molar-refractivity contribution in [2.75, 3.05) is 11.5 Å². The predicted molar refractivity (Wildman–Crippen MR) is 69.1 cm³/mol. The second kappa shape index (κ2) is 4.48. The number of hydrogen-bond donors (Lipinski definition) is 2. The van der Waals surface area contributed by atoms with Crippen LogP contribution in [0.1, 0.15) is 18.2 Å². The standard InChI is InChI=1S/C12H12N2O5S/c15-9-3-1-2-8(10(9)16)12-13-11(14-19-12)7-4-5-20(17,18)6-7/h1-3,7,15-16H,4-6H2. The molecule has 1 aliphatic rings. The molecular weight excluding hydrogens is 284 g/mol. The molecule has 2 N–H and O–H groups in total. The normalized spacial score (nSPS) is 21.1. The third-order valence-corrected chi connectivity index (χ3v) is 5.05. The van der Waals surface area contributed by atoms with Crippen LogP contribution >= 0.6 is 0 Å². The maximum absolute atomic E-state index is 11.4. The highest BCUT2D eigenvalue weighted by Crippen LogP contribution is 2.36. The molecule has 20 heavy (non-hydrogen) atoms. The van der Waals surface area contributed by atoms with Gasteiger partial charge in [0.15, 0.2) is 27.2 Å². The summed E-state index contributed by atoms with van der Waals surface area (Å²) in [7, 11) is -3.02. The third-order valence-electron chi connectivity index (χ3n) is 3.28. The highest BCUT2D eigenvalue weighted by molar-refractivity contribution is 7.91. The highest BCUT2D eigenvalue weighted by Gasteiger charge is 2.32. The number of hydrogen-bond acceptors (Lipinski definition) is 7. The molecule has 1 fully saturated rings. The maximum Gasteiger partial charge on any atom is 0.261 e. The fourth-order valence-electron chi connectivity index (χ4n) is 2.21. The van der Waals surface area contributed by atoms with Gasteiger partial charge in [-0.1, -0.05) is 11.2 Å². The van der Waals surface area contributed by atoms with Gasteiger partial charge in [-0.2, -0.15) is 4.98 Å². The summed E-state index contributed by atoms with van der Waals surface area (Å²) in [6.45, 7) is 0. The van der Waals surface area contributed by atoms with Gasteiger partial charge in [-0.25, -0.2) is 8.42 Å².